The normalized spacial score (nSPS) is 26.9. The Morgan fingerprint density at radius 3 is 1.80 bits per heavy atom. The van der Waals surface area contributed by atoms with E-state index in [9.17, 15) is 4.57 Å². The summed E-state index contributed by atoms with van der Waals surface area (Å²) >= 11 is 1.82. The lowest BCUT2D eigenvalue weighted by Crippen LogP contribution is -2.41. The van der Waals surface area contributed by atoms with E-state index < -0.39 is 7.60 Å². The highest BCUT2D eigenvalue weighted by atomic mass is 32.2. The maximum atomic E-state index is 13.3. The van der Waals surface area contributed by atoms with Crippen molar-refractivity contribution in [3.8, 4) is 0 Å². The van der Waals surface area contributed by atoms with E-state index in [1.54, 1.807) is 0 Å². The molecule has 1 heterocycles. The highest BCUT2D eigenvalue weighted by Gasteiger charge is 2.53. The molecule has 0 aromatic carbocycles. The molecule has 6 heteroatoms. The quantitative estimate of drug-likeness (QED) is 0.732. The van der Waals surface area contributed by atoms with Gasteiger partial charge in [-0.3, -0.25) is 9.88 Å². The Hall–Kier alpha value is 0.460. The molecule has 0 amide bonds. The Morgan fingerprint density at radius 2 is 1.50 bits per heavy atom. The van der Waals surface area contributed by atoms with Gasteiger partial charge in [0.2, 0.25) is 0 Å². The number of nitrogens with one attached hydrogen (secondary N) is 1. The smallest absolute Gasteiger partial charge is 0.305 e. The summed E-state index contributed by atoms with van der Waals surface area (Å²) in [7, 11) is -3.21. The van der Waals surface area contributed by atoms with E-state index in [-0.39, 0.29) is 28.1 Å². The van der Waals surface area contributed by atoms with E-state index in [4.69, 9.17) is 9.05 Å². The van der Waals surface area contributed by atoms with E-state index >= 15 is 0 Å². The zero-order chi connectivity index (χ0) is 15.7. The molecule has 2 atom stereocenters. The topological polar surface area (TPSA) is 47.6 Å². The summed E-state index contributed by atoms with van der Waals surface area (Å²) in [4.78, 5) is 0. The summed E-state index contributed by atoms with van der Waals surface area (Å²) in [5.41, 5.74) is 0. The van der Waals surface area contributed by atoms with Crippen molar-refractivity contribution in [1.29, 1.82) is 0 Å². The molecular formula is C14H30NO3PS. The predicted octanol–water partition coefficient (Wildman–Crippen LogP) is 4.45. The molecule has 4 nitrogen and oxygen atoms in total. The Bertz CT molecular complexity index is 357. The fourth-order valence-corrected chi connectivity index (χ4v) is 6.89. The van der Waals surface area contributed by atoms with Gasteiger partial charge in [-0.1, -0.05) is 13.8 Å². The largest absolute Gasteiger partial charge is 0.349 e. The number of thioether (sulfide) groups is 1. The standard InChI is InChI=1S/C14H30NO3PS/c1-9(2)12-15-13(14(7,8)20-12)19(16,17-10(3)4)18-11(5)6/h9-13,15H,1-8H3. The summed E-state index contributed by atoms with van der Waals surface area (Å²) in [6.45, 7) is 16.1. The Kier molecular flexibility index (Phi) is 6.20. The van der Waals surface area contributed by atoms with Crippen LogP contribution in [-0.2, 0) is 13.6 Å². The molecule has 0 aromatic rings. The van der Waals surface area contributed by atoms with Crippen molar-refractivity contribution < 1.29 is 13.6 Å². The van der Waals surface area contributed by atoms with Crippen molar-refractivity contribution in [2.24, 2.45) is 5.92 Å². The minimum atomic E-state index is -3.21. The van der Waals surface area contributed by atoms with Gasteiger partial charge in [-0.2, -0.15) is 0 Å². The third-order valence-corrected chi connectivity index (χ3v) is 7.86. The first-order chi connectivity index (χ1) is 8.98. The van der Waals surface area contributed by atoms with Crippen LogP contribution in [0.2, 0.25) is 0 Å². The van der Waals surface area contributed by atoms with Gasteiger partial charge in [-0.15, -0.1) is 11.8 Å². The highest BCUT2D eigenvalue weighted by molar-refractivity contribution is 8.01. The second kappa shape index (κ2) is 6.70. The van der Waals surface area contributed by atoms with Gasteiger partial charge < -0.3 is 9.05 Å². The minimum absolute atomic E-state index is 0.125. The third kappa shape index (κ3) is 4.48. The molecule has 0 aliphatic carbocycles. The van der Waals surface area contributed by atoms with Crippen molar-refractivity contribution in [2.45, 2.75) is 83.5 Å². The first-order valence-electron chi connectivity index (χ1n) is 7.38. The first kappa shape index (κ1) is 18.5. The molecule has 1 rings (SSSR count). The summed E-state index contributed by atoms with van der Waals surface area (Å²) in [5, 5.41) is 3.75. The molecule has 0 aromatic heterocycles. The molecule has 0 saturated carbocycles. The SMILES string of the molecule is CC(C)OP(=O)(OC(C)C)C1NC(C(C)C)SC1(C)C. The van der Waals surface area contributed by atoms with E-state index in [0.29, 0.717) is 5.92 Å². The van der Waals surface area contributed by atoms with Crippen LogP contribution in [0, 0.1) is 5.92 Å². The van der Waals surface area contributed by atoms with Crippen molar-refractivity contribution in [3.05, 3.63) is 0 Å². The Labute approximate surface area is 128 Å². The number of hydrogen-bond acceptors (Lipinski definition) is 5. The fourth-order valence-electron chi connectivity index (χ4n) is 2.32. The van der Waals surface area contributed by atoms with Gasteiger partial charge >= 0.3 is 7.60 Å². The van der Waals surface area contributed by atoms with E-state index in [1.165, 1.54) is 0 Å². The monoisotopic (exact) mass is 323 g/mol. The maximum absolute atomic E-state index is 13.3. The second-order valence-electron chi connectivity index (χ2n) is 6.80. The molecular weight excluding hydrogens is 293 g/mol. The van der Waals surface area contributed by atoms with E-state index in [1.807, 2.05) is 39.5 Å². The number of rotatable bonds is 6. The molecule has 0 radical (unpaired) electrons. The zero-order valence-electron chi connectivity index (χ0n) is 14.0. The van der Waals surface area contributed by atoms with E-state index in [2.05, 4.69) is 33.0 Å². The molecule has 1 saturated heterocycles. The molecule has 2 unspecified atom stereocenters. The Balaban J connectivity index is 3.04. The van der Waals surface area contributed by atoms with Crippen LogP contribution in [0.4, 0.5) is 0 Å². The molecule has 0 spiro atoms. The van der Waals surface area contributed by atoms with Gasteiger partial charge in [0.15, 0.2) is 0 Å². The van der Waals surface area contributed by atoms with Crippen LogP contribution in [-0.4, -0.2) is 28.1 Å². The Morgan fingerprint density at radius 1 is 1.05 bits per heavy atom. The lowest BCUT2D eigenvalue weighted by Gasteiger charge is -2.33. The second-order valence-corrected chi connectivity index (χ2v) is 10.6. The summed E-state index contributed by atoms with van der Waals surface area (Å²) < 4.78 is 24.6. The van der Waals surface area contributed by atoms with Crippen molar-refractivity contribution in [3.63, 3.8) is 0 Å². The zero-order valence-corrected chi connectivity index (χ0v) is 15.7. The van der Waals surface area contributed by atoms with Crippen LogP contribution < -0.4 is 5.32 Å². The van der Waals surface area contributed by atoms with Gasteiger partial charge in [0.25, 0.3) is 0 Å². The van der Waals surface area contributed by atoms with Crippen molar-refractivity contribution in [2.75, 3.05) is 0 Å². The molecule has 1 fully saturated rings. The molecule has 1 N–H and O–H groups in total. The highest BCUT2D eigenvalue weighted by Crippen LogP contribution is 2.62. The molecule has 0 bridgehead atoms. The summed E-state index contributed by atoms with van der Waals surface area (Å²) in [6.07, 6.45) is -0.249. The van der Waals surface area contributed by atoms with Crippen LogP contribution in [0.15, 0.2) is 0 Å². The maximum Gasteiger partial charge on any atom is 0.349 e. The van der Waals surface area contributed by atoms with Gasteiger partial charge in [0.1, 0.15) is 5.78 Å². The van der Waals surface area contributed by atoms with Gasteiger partial charge in [0.05, 0.1) is 17.6 Å². The predicted molar refractivity (Wildman–Crippen MR) is 87.3 cm³/mol. The van der Waals surface area contributed by atoms with Crippen molar-refractivity contribution >= 4 is 19.4 Å². The lowest BCUT2D eigenvalue weighted by atomic mass is 10.2. The molecule has 1 aliphatic rings. The van der Waals surface area contributed by atoms with Crippen LogP contribution in [0.3, 0.4) is 0 Å². The average molecular weight is 323 g/mol. The number of hydrogen-bond donors (Lipinski definition) is 1. The molecule has 120 valence electrons. The van der Waals surface area contributed by atoms with Crippen LogP contribution in [0.5, 0.6) is 0 Å². The lowest BCUT2D eigenvalue weighted by molar-refractivity contribution is 0.131. The van der Waals surface area contributed by atoms with Crippen LogP contribution in [0.1, 0.15) is 55.4 Å². The van der Waals surface area contributed by atoms with Crippen molar-refractivity contribution in [1.82, 2.24) is 5.32 Å². The van der Waals surface area contributed by atoms with Gasteiger partial charge in [-0.25, -0.2) is 0 Å². The summed E-state index contributed by atoms with van der Waals surface area (Å²) in [5.74, 6) is 0.188. The van der Waals surface area contributed by atoms with Gasteiger partial charge in [0, 0.05) is 4.75 Å². The third-order valence-electron chi connectivity index (χ3n) is 3.05. The van der Waals surface area contributed by atoms with E-state index in [0.717, 1.165) is 0 Å². The van der Waals surface area contributed by atoms with Crippen LogP contribution in [0.25, 0.3) is 0 Å². The van der Waals surface area contributed by atoms with Crippen LogP contribution >= 0.6 is 19.4 Å². The minimum Gasteiger partial charge on any atom is -0.305 e. The first-order valence-corrected chi connectivity index (χ1v) is 9.87. The van der Waals surface area contributed by atoms with Gasteiger partial charge in [-0.05, 0) is 47.5 Å². The fraction of sp³-hybridized carbons (Fsp3) is 1.00. The molecule has 20 heavy (non-hydrogen) atoms. The molecule has 1 aliphatic heterocycles. The average Bonchev–Trinajstić information content (AvgIpc) is 2.52. The summed E-state index contributed by atoms with van der Waals surface area (Å²) in [6, 6.07) is 0.